The molecule has 0 saturated heterocycles. The third kappa shape index (κ3) is 5.89. The fourth-order valence-corrected chi connectivity index (χ4v) is 1.55. The predicted octanol–water partition coefficient (Wildman–Crippen LogP) is 3.00. The molecule has 0 heterocycles. The van der Waals surface area contributed by atoms with Crippen LogP contribution in [0.25, 0.3) is 0 Å². The van der Waals surface area contributed by atoms with Crippen LogP contribution in [0.5, 0.6) is 0 Å². The number of rotatable bonds is 8. The lowest BCUT2D eigenvalue weighted by atomic mass is 10.1. The normalized spacial score (nSPS) is 12.6. The molecule has 0 aliphatic carbocycles. The molecule has 1 N–H and O–H groups in total. The van der Waals surface area contributed by atoms with Crippen LogP contribution < -0.4 is 0 Å². The van der Waals surface area contributed by atoms with Gasteiger partial charge in [-0.2, -0.15) is 0 Å². The molecular formula is C14H22O2. The summed E-state index contributed by atoms with van der Waals surface area (Å²) in [5, 5.41) is 8.85. The first kappa shape index (κ1) is 13.2. The van der Waals surface area contributed by atoms with Crippen molar-refractivity contribution in [2.24, 2.45) is 5.92 Å². The van der Waals surface area contributed by atoms with Crippen molar-refractivity contribution in [2.45, 2.75) is 32.8 Å². The highest BCUT2D eigenvalue weighted by Gasteiger charge is 1.99. The van der Waals surface area contributed by atoms with Crippen molar-refractivity contribution in [1.29, 1.82) is 0 Å². The number of benzene rings is 1. The summed E-state index contributed by atoms with van der Waals surface area (Å²) >= 11 is 0. The maximum absolute atomic E-state index is 8.85. The van der Waals surface area contributed by atoms with Crippen molar-refractivity contribution in [2.75, 3.05) is 13.2 Å². The Balaban J connectivity index is 1.96. The minimum absolute atomic E-state index is 0.297. The van der Waals surface area contributed by atoms with Gasteiger partial charge in [-0.1, -0.05) is 43.7 Å². The summed E-state index contributed by atoms with van der Waals surface area (Å²) in [7, 11) is 0. The van der Waals surface area contributed by atoms with Gasteiger partial charge in [-0.25, -0.2) is 0 Å². The van der Waals surface area contributed by atoms with E-state index in [9.17, 15) is 0 Å². The second-order valence-electron chi connectivity index (χ2n) is 4.32. The molecule has 1 rings (SSSR count). The van der Waals surface area contributed by atoms with Crippen LogP contribution in [-0.4, -0.2) is 18.3 Å². The van der Waals surface area contributed by atoms with E-state index in [0.29, 0.717) is 19.1 Å². The van der Waals surface area contributed by atoms with Crippen LogP contribution in [0.15, 0.2) is 30.3 Å². The van der Waals surface area contributed by atoms with Gasteiger partial charge in [0.1, 0.15) is 0 Å². The van der Waals surface area contributed by atoms with Gasteiger partial charge >= 0.3 is 0 Å². The van der Waals surface area contributed by atoms with Gasteiger partial charge in [0.2, 0.25) is 0 Å². The molecule has 0 aliphatic rings. The summed E-state index contributed by atoms with van der Waals surface area (Å²) in [6, 6.07) is 10.2. The summed E-state index contributed by atoms with van der Waals surface area (Å²) < 4.78 is 5.57. The summed E-state index contributed by atoms with van der Waals surface area (Å²) in [6.45, 7) is 3.89. The minimum atomic E-state index is 0.297. The van der Waals surface area contributed by atoms with Gasteiger partial charge < -0.3 is 9.84 Å². The number of hydrogen-bond donors (Lipinski definition) is 1. The van der Waals surface area contributed by atoms with Crippen LogP contribution in [0.2, 0.25) is 0 Å². The molecule has 1 atom stereocenters. The van der Waals surface area contributed by atoms with Crippen LogP contribution in [0.3, 0.4) is 0 Å². The number of aliphatic hydroxyl groups excluding tert-OH is 1. The van der Waals surface area contributed by atoms with E-state index in [0.717, 1.165) is 25.9 Å². The molecule has 0 aliphatic heterocycles. The molecule has 0 bridgehead atoms. The van der Waals surface area contributed by atoms with Crippen molar-refractivity contribution in [1.82, 2.24) is 0 Å². The molecule has 0 spiro atoms. The zero-order valence-corrected chi connectivity index (χ0v) is 10.1. The van der Waals surface area contributed by atoms with E-state index in [-0.39, 0.29) is 0 Å². The molecule has 0 fully saturated rings. The van der Waals surface area contributed by atoms with Gasteiger partial charge in [0, 0.05) is 13.2 Å². The molecular weight excluding hydrogens is 200 g/mol. The molecule has 2 heteroatoms. The quantitative estimate of drug-likeness (QED) is 0.685. The SMILES string of the molecule is C[C@H](CO)CCCCOCc1ccccc1. The van der Waals surface area contributed by atoms with Crippen LogP contribution >= 0.6 is 0 Å². The van der Waals surface area contributed by atoms with E-state index >= 15 is 0 Å². The maximum Gasteiger partial charge on any atom is 0.0716 e. The lowest BCUT2D eigenvalue weighted by Crippen LogP contribution is -2.01. The first-order valence-electron chi connectivity index (χ1n) is 6.05. The van der Waals surface area contributed by atoms with Crippen molar-refractivity contribution in [3.8, 4) is 0 Å². The first-order chi connectivity index (χ1) is 7.83. The average Bonchev–Trinajstić information content (AvgIpc) is 2.34. The van der Waals surface area contributed by atoms with E-state index in [2.05, 4.69) is 19.1 Å². The van der Waals surface area contributed by atoms with Gasteiger partial charge in [0.15, 0.2) is 0 Å². The highest BCUT2D eigenvalue weighted by Crippen LogP contribution is 2.07. The fourth-order valence-electron chi connectivity index (χ4n) is 1.55. The average molecular weight is 222 g/mol. The van der Waals surface area contributed by atoms with Gasteiger partial charge in [-0.3, -0.25) is 0 Å². The Labute approximate surface area is 98.3 Å². The molecule has 0 unspecified atom stereocenters. The molecule has 1 aromatic rings. The molecule has 0 radical (unpaired) electrons. The van der Waals surface area contributed by atoms with E-state index in [1.54, 1.807) is 0 Å². The Morgan fingerprint density at radius 2 is 1.94 bits per heavy atom. The largest absolute Gasteiger partial charge is 0.396 e. The monoisotopic (exact) mass is 222 g/mol. The van der Waals surface area contributed by atoms with Gasteiger partial charge in [-0.05, 0) is 24.3 Å². The Morgan fingerprint density at radius 1 is 1.19 bits per heavy atom. The molecule has 16 heavy (non-hydrogen) atoms. The van der Waals surface area contributed by atoms with Crippen molar-refractivity contribution < 1.29 is 9.84 Å². The molecule has 2 nitrogen and oxygen atoms in total. The van der Waals surface area contributed by atoms with E-state index in [1.165, 1.54) is 5.56 Å². The fraction of sp³-hybridized carbons (Fsp3) is 0.571. The zero-order chi connectivity index (χ0) is 11.6. The van der Waals surface area contributed by atoms with Crippen LogP contribution in [0.4, 0.5) is 0 Å². The predicted molar refractivity (Wildman–Crippen MR) is 66.2 cm³/mol. The van der Waals surface area contributed by atoms with Crippen molar-refractivity contribution in [3.05, 3.63) is 35.9 Å². The summed E-state index contributed by atoms with van der Waals surface area (Å²) in [4.78, 5) is 0. The Bertz CT molecular complexity index is 259. The molecule has 0 aromatic heterocycles. The Kier molecular flexibility index (Phi) is 6.86. The van der Waals surface area contributed by atoms with Gasteiger partial charge in [-0.15, -0.1) is 0 Å². The van der Waals surface area contributed by atoms with Crippen molar-refractivity contribution >= 4 is 0 Å². The molecule has 0 amide bonds. The molecule has 90 valence electrons. The summed E-state index contributed by atoms with van der Waals surface area (Å²) in [5.74, 6) is 0.425. The standard InChI is InChI=1S/C14H22O2/c1-13(11-15)7-5-6-10-16-12-14-8-3-2-4-9-14/h2-4,8-9,13,15H,5-7,10-12H2,1H3/t13-/m0/s1. The summed E-state index contributed by atoms with van der Waals surface area (Å²) in [6.07, 6.45) is 3.30. The van der Waals surface area contributed by atoms with E-state index in [1.807, 2.05) is 18.2 Å². The number of hydrogen-bond acceptors (Lipinski definition) is 2. The lowest BCUT2D eigenvalue weighted by Gasteiger charge is -2.07. The second kappa shape index (κ2) is 8.31. The second-order valence-corrected chi connectivity index (χ2v) is 4.32. The lowest BCUT2D eigenvalue weighted by molar-refractivity contribution is 0.115. The molecule has 1 aromatic carbocycles. The highest BCUT2D eigenvalue weighted by molar-refractivity contribution is 5.13. The van der Waals surface area contributed by atoms with Crippen LogP contribution in [0.1, 0.15) is 31.7 Å². The Morgan fingerprint density at radius 3 is 2.62 bits per heavy atom. The van der Waals surface area contributed by atoms with Crippen LogP contribution in [-0.2, 0) is 11.3 Å². The van der Waals surface area contributed by atoms with Crippen LogP contribution in [0, 0.1) is 5.92 Å². The number of unbranched alkanes of at least 4 members (excludes halogenated alkanes) is 1. The van der Waals surface area contributed by atoms with E-state index in [4.69, 9.17) is 9.84 Å². The van der Waals surface area contributed by atoms with Crippen molar-refractivity contribution in [3.63, 3.8) is 0 Å². The number of ether oxygens (including phenoxy) is 1. The number of aliphatic hydroxyl groups is 1. The molecule has 0 saturated carbocycles. The summed E-state index contributed by atoms with van der Waals surface area (Å²) in [5.41, 5.74) is 1.23. The topological polar surface area (TPSA) is 29.5 Å². The third-order valence-electron chi connectivity index (χ3n) is 2.66. The Hall–Kier alpha value is -0.860. The van der Waals surface area contributed by atoms with Gasteiger partial charge in [0.25, 0.3) is 0 Å². The van der Waals surface area contributed by atoms with E-state index < -0.39 is 0 Å². The zero-order valence-electron chi connectivity index (χ0n) is 10.1. The van der Waals surface area contributed by atoms with Gasteiger partial charge in [0.05, 0.1) is 6.61 Å². The highest BCUT2D eigenvalue weighted by atomic mass is 16.5. The third-order valence-corrected chi connectivity index (χ3v) is 2.66. The minimum Gasteiger partial charge on any atom is -0.396 e. The smallest absolute Gasteiger partial charge is 0.0716 e. The first-order valence-corrected chi connectivity index (χ1v) is 6.05. The maximum atomic E-state index is 8.85.